The second-order valence-corrected chi connectivity index (χ2v) is 7.85. The molecule has 0 spiro atoms. The first kappa shape index (κ1) is 17.5. The van der Waals surface area contributed by atoms with Gasteiger partial charge in [-0.3, -0.25) is 4.79 Å². The van der Waals surface area contributed by atoms with Crippen LogP contribution in [0, 0.1) is 5.92 Å². The molecule has 0 saturated heterocycles. The Morgan fingerprint density at radius 2 is 2.00 bits per heavy atom. The van der Waals surface area contributed by atoms with Gasteiger partial charge in [-0.15, -0.1) is 0 Å². The summed E-state index contributed by atoms with van der Waals surface area (Å²) in [7, 11) is 0. The molecule has 0 radical (unpaired) electrons. The summed E-state index contributed by atoms with van der Waals surface area (Å²) in [6.45, 7) is 6.69. The van der Waals surface area contributed by atoms with Crippen molar-refractivity contribution in [3.8, 4) is 0 Å². The quantitative estimate of drug-likeness (QED) is 0.905. The molecule has 0 aromatic carbocycles. The van der Waals surface area contributed by atoms with Gasteiger partial charge < -0.3 is 19.3 Å². The van der Waals surface area contributed by atoms with E-state index in [-0.39, 0.29) is 12.1 Å². The molecule has 1 amide bonds. The number of pyridine rings is 1. The predicted octanol–water partition coefficient (Wildman–Crippen LogP) is 2.25. The number of carboxylic acids is 1. The largest absolute Gasteiger partial charge is 0.477 e. The highest BCUT2D eigenvalue weighted by Crippen LogP contribution is 2.31. The van der Waals surface area contributed by atoms with E-state index in [4.69, 9.17) is 4.74 Å². The summed E-state index contributed by atoms with van der Waals surface area (Å²) >= 11 is 0. The molecular weight excluding hydrogens is 324 g/mol. The number of ether oxygens (including phenoxy) is 1. The average molecular weight is 348 g/mol. The van der Waals surface area contributed by atoms with E-state index >= 15 is 0 Å². The summed E-state index contributed by atoms with van der Waals surface area (Å²) in [6, 6.07) is 1.42. The highest BCUT2D eigenvalue weighted by molar-refractivity contribution is 5.87. The molecule has 0 unspecified atom stereocenters. The average Bonchev–Trinajstić information content (AvgIpc) is 3.31. The maximum absolute atomic E-state index is 12.5. The maximum Gasteiger partial charge on any atom is 0.410 e. The molecule has 1 saturated carbocycles. The number of carbonyl (C=O) groups excluding carboxylic acids is 1. The van der Waals surface area contributed by atoms with Crippen molar-refractivity contribution in [3.05, 3.63) is 33.2 Å². The number of aromatic carboxylic acids is 1. The first-order valence-electron chi connectivity index (χ1n) is 8.62. The number of aromatic nitrogens is 1. The highest BCUT2D eigenvalue weighted by Gasteiger charge is 2.31. The van der Waals surface area contributed by atoms with Gasteiger partial charge in [-0.25, -0.2) is 9.59 Å². The molecular formula is C18H24N2O5. The van der Waals surface area contributed by atoms with Crippen LogP contribution in [0.1, 0.15) is 55.2 Å². The predicted molar refractivity (Wildman–Crippen MR) is 90.7 cm³/mol. The van der Waals surface area contributed by atoms with Crippen LogP contribution in [0.15, 0.2) is 10.9 Å². The minimum absolute atomic E-state index is 0.231. The van der Waals surface area contributed by atoms with Gasteiger partial charge in [0.15, 0.2) is 0 Å². The molecule has 1 aromatic heterocycles. The van der Waals surface area contributed by atoms with E-state index in [2.05, 4.69) is 0 Å². The van der Waals surface area contributed by atoms with Crippen molar-refractivity contribution >= 4 is 12.1 Å². The first-order chi connectivity index (χ1) is 11.7. The molecule has 0 bridgehead atoms. The first-order valence-corrected chi connectivity index (χ1v) is 8.62. The summed E-state index contributed by atoms with van der Waals surface area (Å²) in [4.78, 5) is 37.8. The Kier molecular flexibility index (Phi) is 4.34. The van der Waals surface area contributed by atoms with Crippen LogP contribution in [0.2, 0.25) is 0 Å². The minimum atomic E-state index is -1.23. The zero-order chi connectivity index (χ0) is 18.4. The Balaban J connectivity index is 1.93. The van der Waals surface area contributed by atoms with Gasteiger partial charge >= 0.3 is 12.1 Å². The van der Waals surface area contributed by atoms with Crippen molar-refractivity contribution in [1.82, 2.24) is 9.47 Å². The van der Waals surface area contributed by atoms with Crippen molar-refractivity contribution in [2.24, 2.45) is 5.92 Å². The van der Waals surface area contributed by atoms with E-state index in [0.29, 0.717) is 25.4 Å². The van der Waals surface area contributed by atoms with Gasteiger partial charge in [-0.05, 0) is 51.2 Å². The maximum atomic E-state index is 12.5. The molecule has 1 aliphatic heterocycles. The van der Waals surface area contributed by atoms with Gasteiger partial charge in [0.1, 0.15) is 11.2 Å². The highest BCUT2D eigenvalue weighted by atomic mass is 16.6. The zero-order valence-corrected chi connectivity index (χ0v) is 14.9. The third-order valence-electron chi connectivity index (χ3n) is 4.49. The molecule has 1 aliphatic carbocycles. The van der Waals surface area contributed by atoms with Gasteiger partial charge in [-0.1, -0.05) is 0 Å². The van der Waals surface area contributed by atoms with Gasteiger partial charge in [0.2, 0.25) is 0 Å². The molecule has 1 N–H and O–H groups in total. The van der Waals surface area contributed by atoms with Gasteiger partial charge in [-0.2, -0.15) is 0 Å². The molecule has 3 rings (SSSR count). The number of rotatable bonds is 3. The smallest absolute Gasteiger partial charge is 0.410 e. The molecule has 2 aliphatic rings. The summed E-state index contributed by atoms with van der Waals surface area (Å²) in [5.41, 5.74) is 0.305. The van der Waals surface area contributed by atoms with Crippen LogP contribution in [0.5, 0.6) is 0 Å². The number of carboxylic acid groups (broad SMARTS) is 1. The topological polar surface area (TPSA) is 88.8 Å². The number of fused-ring (bicyclic) bond motifs is 1. The van der Waals surface area contributed by atoms with Crippen LogP contribution < -0.4 is 5.56 Å². The lowest BCUT2D eigenvalue weighted by atomic mass is 10.0. The summed E-state index contributed by atoms with van der Waals surface area (Å²) in [5, 5.41) is 9.35. The van der Waals surface area contributed by atoms with Crippen molar-refractivity contribution in [1.29, 1.82) is 0 Å². The van der Waals surface area contributed by atoms with Crippen LogP contribution >= 0.6 is 0 Å². The number of nitrogens with zero attached hydrogens (tertiary/aromatic N) is 2. The van der Waals surface area contributed by atoms with Crippen LogP contribution in [-0.2, 0) is 24.2 Å². The van der Waals surface area contributed by atoms with Gasteiger partial charge in [0.25, 0.3) is 5.56 Å². The molecule has 7 nitrogen and oxygen atoms in total. The second kappa shape index (κ2) is 6.20. The lowest BCUT2D eigenvalue weighted by Crippen LogP contribution is -2.42. The molecule has 7 heteroatoms. The third kappa shape index (κ3) is 3.86. The number of hydrogen-bond acceptors (Lipinski definition) is 4. The zero-order valence-electron chi connectivity index (χ0n) is 14.9. The minimum Gasteiger partial charge on any atom is -0.477 e. The molecule has 1 aromatic rings. The Morgan fingerprint density at radius 3 is 2.56 bits per heavy atom. The Morgan fingerprint density at radius 1 is 1.32 bits per heavy atom. The SMILES string of the molecule is CC(C)(C)OC(=O)N1CCc2c(cc(C(=O)O)c(=O)n2CC2CC2)C1. The van der Waals surface area contributed by atoms with Gasteiger partial charge in [0, 0.05) is 25.2 Å². The molecule has 2 heterocycles. The van der Waals surface area contributed by atoms with E-state index in [1.165, 1.54) is 6.07 Å². The number of carbonyl (C=O) groups is 2. The summed E-state index contributed by atoms with van der Waals surface area (Å²) in [6.07, 6.45) is 2.25. The number of hydrogen-bond donors (Lipinski definition) is 1. The Labute approximate surface area is 146 Å². The van der Waals surface area contributed by atoms with E-state index < -0.39 is 23.2 Å². The third-order valence-corrected chi connectivity index (χ3v) is 4.49. The van der Waals surface area contributed by atoms with E-state index in [1.807, 2.05) is 0 Å². The summed E-state index contributed by atoms with van der Waals surface area (Å²) < 4.78 is 7.01. The Bertz CT molecular complexity index is 771. The fourth-order valence-corrected chi connectivity index (χ4v) is 3.11. The van der Waals surface area contributed by atoms with Gasteiger partial charge in [0.05, 0.1) is 6.54 Å². The second-order valence-electron chi connectivity index (χ2n) is 7.85. The molecule has 136 valence electrons. The normalized spacial score (nSPS) is 17.2. The van der Waals surface area contributed by atoms with Crippen LogP contribution in [0.3, 0.4) is 0 Å². The standard InChI is InChI=1S/C18H24N2O5/c1-18(2,3)25-17(24)19-7-6-14-12(10-19)8-13(16(22)23)15(21)20(14)9-11-4-5-11/h8,11H,4-7,9-10H2,1-3H3,(H,22,23). The Hall–Kier alpha value is -2.31. The fourth-order valence-electron chi connectivity index (χ4n) is 3.11. The monoisotopic (exact) mass is 348 g/mol. The van der Waals surface area contributed by atoms with Crippen LogP contribution in [0.25, 0.3) is 0 Å². The van der Waals surface area contributed by atoms with Crippen molar-refractivity contribution in [2.75, 3.05) is 6.54 Å². The van der Waals surface area contributed by atoms with E-state index in [1.54, 1.807) is 30.2 Å². The molecule has 0 atom stereocenters. The lowest BCUT2D eigenvalue weighted by molar-refractivity contribution is 0.0221. The van der Waals surface area contributed by atoms with E-state index in [9.17, 15) is 19.5 Å². The van der Waals surface area contributed by atoms with Crippen molar-refractivity contribution in [2.45, 2.75) is 58.7 Å². The van der Waals surface area contributed by atoms with Crippen LogP contribution in [-0.4, -0.2) is 38.8 Å². The molecule has 25 heavy (non-hydrogen) atoms. The fraction of sp³-hybridized carbons (Fsp3) is 0.611. The lowest BCUT2D eigenvalue weighted by Gasteiger charge is -2.32. The van der Waals surface area contributed by atoms with E-state index in [0.717, 1.165) is 24.1 Å². The summed E-state index contributed by atoms with van der Waals surface area (Å²) in [5.74, 6) is -0.776. The molecule has 1 fully saturated rings. The number of amides is 1. The van der Waals surface area contributed by atoms with Crippen molar-refractivity contribution < 1.29 is 19.4 Å². The van der Waals surface area contributed by atoms with Crippen molar-refractivity contribution in [3.63, 3.8) is 0 Å². The van der Waals surface area contributed by atoms with Crippen LogP contribution in [0.4, 0.5) is 4.79 Å².